The maximum Gasteiger partial charge on any atom is 0.343 e. The van der Waals surface area contributed by atoms with Crippen LogP contribution in [-0.4, -0.2) is 52.8 Å². The number of carbonyl (C=O) groups is 2. The maximum absolute atomic E-state index is 13.3. The molecule has 0 aliphatic carbocycles. The molecular weight excluding hydrogens is 454 g/mol. The van der Waals surface area contributed by atoms with Gasteiger partial charge in [0.25, 0.3) is 11.5 Å². The van der Waals surface area contributed by atoms with Gasteiger partial charge in [0, 0.05) is 55.1 Å². The van der Waals surface area contributed by atoms with Crippen molar-refractivity contribution >= 4 is 23.6 Å². The second kappa shape index (κ2) is 10.6. The number of hydrogen-bond acceptors (Lipinski definition) is 7. The van der Waals surface area contributed by atoms with Crippen molar-refractivity contribution in [2.75, 3.05) is 26.5 Å². The van der Waals surface area contributed by atoms with E-state index in [1.54, 1.807) is 34.0 Å². The Kier molecular flexibility index (Phi) is 7.32. The van der Waals surface area contributed by atoms with Gasteiger partial charge in [-0.3, -0.25) is 14.6 Å². The van der Waals surface area contributed by atoms with Gasteiger partial charge in [0.15, 0.2) is 0 Å². The van der Waals surface area contributed by atoms with Gasteiger partial charge in [-0.2, -0.15) is 0 Å². The average Bonchev–Trinajstić information content (AvgIpc) is 3.11. The van der Waals surface area contributed by atoms with Crippen LogP contribution in [0, 0.1) is 0 Å². The molecule has 0 bridgehead atoms. The molecule has 0 radical (unpaired) electrons. The van der Waals surface area contributed by atoms with Gasteiger partial charge in [-0.25, -0.2) is 4.79 Å². The number of fused-ring (bicyclic) bond motifs is 1. The van der Waals surface area contributed by atoms with Gasteiger partial charge in [-0.1, -0.05) is 12.1 Å². The topological polar surface area (TPSA) is 90.7 Å². The normalized spacial score (nSPS) is 13.1. The average molecular weight is 480 g/mol. The number of ether oxygens (including phenoxy) is 2. The zero-order valence-corrected chi connectivity index (χ0v) is 19.8. The number of pyridine rings is 2. The zero-order chi connectivity index (χ0) is 24.1. The molecular formula is C25H25N3O5S. The first kappa shape index (κ1) is 23.6. The molecule has 1 amide bonds. The number of aromatic nitrogens is 2. The quantitative estimate of drug-likeness (QED) is 0.396. The molecule has 34 heavy (non-hydrogen) atoms. The smallest absolute Gasteiger partial charge is 0.343 e. The highest BCUT2D eigenvalue weighted by Crippen LogP contribution is 2.26. The highest BCUT2D eigenvalue weighted by Gasteiger charge is 2.28. The molecule has 9 heteroatoms. The number of carbonyl (C=O) groups excluding carboxylic acids is 2. The van der Waals surface area contributed by atoms with Gasteiger partial charge < -0.3 is 18.9 Å². The molecule has 3 aromatic rings. The van der Waals surface area contributed by atoms with E-state index in [9.17, 15) is 14.4 Å². The summed E-state index contributed by atoms with van der Waals surface area (Å²) in [6.45, 7) is 1.16. The van der Waals surface area contributed by atoms with Crippen LogP contribution in [0.1, 0.15) is 32.0 Å². The zero-order valence-electron chi connectivity index (χ0n) is 19.0. The van der Waals surface area contributed by atoms with Crippen LogP contribution in [0.3, 0.4) is 0 Å². The predicted octanol–water partition coefficient (Wildman–Crippen LogP) is 3.03. The molecule has 8 nitrogen and oxygen atoms in total. The predicted molar refractivity (Wildman–Crippen MR) is 128 cm³/mol. The van der Waals surface area contributed by atoms with Crippen LogP contribution in [0.2, 0.25) is 0 Å². The number of hydrogen-bond donors (Lipinski definition) is 0. The van der Waals surface area contributed by atoms with E-state index in [1.807, 2.05) is 30.5 Å². The fraction of sp³-hybridized carbons (Fsp3) is 0.280. The van der Waals surface area contributed by atoms with Gasteiger partial charge >= 0.3 is 5.97 Å². The highest BCUT2D eigenvalue weighted by atomic mass is 32.2. The van der Waals surface area contributed by atoms with E-state index in [4.69, 9.17) is 9.47 Å². The van der Waals surface area contributed by atoms with Crippen molar-refractivity contribution in [2.45, 2.75) is 24.5 Å². The Morgan fingerprint density at radius 1 is 1.09 bits per heavy atom. The van der Waals surface area contributed by atoms with Crippen molar-refractivity contribution in [3.05, 3.63) is 87.6 Å². The lowest BCUT2D eigenvalue weighted by atomic mass is 10.1. The van der Waals surface area contributed by atoms with Gasteiger partial charge in [-0.15, -0.1) is 11.8 Å². The van der Waals surface area contributed by atoms with Crippen molar-refractivity contribution in [3.8, 4) is 5.75 Å². The molecule has 0 unspecified atom stereocenters. The monoisotopic (exact) mass is 479 g/mol. The van der Waals surface area contributed by atoms with E-state index in [2.05, 4.69) is 4.98 Å². The summed E-state index contributed by atoms with van der Waals surface area (Å²) in [6.07, 6.45) is 5.54. The van der Waals surface area contributed by atoms with Crippen LogP contribution < -0.4 is 10.3 Å². The number of nitrogens with zero attached hydrogens (tertiary/aromatic N) is 3. The first-order valence-corrected chi connectivity index (χ1v) is 12.0. The standard InChI is InChI=1S/C25H25N3O5S/c1-32-25(31)23-19-9-12-27(24(30)18-5-3-4-6-21(18)34-2)13-14-28(19)22(29)15-20(23)33-16-17-7-10-26-11-8-17/h3-8,10-11,15H,9,12-14,16H2,1-2H3. The van der Waals surface area contributed by atoms with E-state index < -0.39 is 5.97 Å². The summed E-state index contributed by atoms with van der Waals surface area (Å²) in [4.78, 5) is 45.6. The number of benzene rings is 1. The highest BCUT2D eigenvalue weighted by molar-refractivity contribution is 7.98. The van der Waals surface area contributed by atoms with Crippen molar-refractivity contribution in [1.29, 1.82) is 0 Å². The maximum atomic E-state index is 13.3. The van der Waals surface area contributed by atoms with E-state index in [0.717, 1.165) is 10.5 Å². The molecule has 0 saturated carbocycles. The number of thioether (sulfide) groups is 1. The summed E-state index contributed by atoms with van der Waals surface area (Å²) >= 11 is 1.51. The minimum atomic E-state index is -0.582. The van der Waals surface area contributed by atoms with Crippen LogP contribution in [0.4, 0.5) is 0 Å². The molecule has 0 atom stereocenters. The third-order valence-electron chi connectivity index (χ3n) is 5.75. The molecule has 2 aromatic heterocycles. The van der Waals surface area contributed by atoms with Crippen LogP contribution in [0.25, 0.3) is 0 Å². The molecule has 0 saturated heterocycles. The number of esters is 1. The Hall–Kier alpha value is -3.59. The molecule has 1 aliphatic heterocycles. The Bertz CT molecular complexity index is 1260. The summed E-state index contributed by atoms with van der Waals surface area (Å²) in [6, 6.07) is 12.4. The SMILES string of the molecule is COC(=O)c1c(OCc2ccncc2)cc(=O)n2c1CCN(C(=O)c1ccccc1SC)CC2. The Morgan fingerprint density at radius 3 is 2.59 bits per heavy atom. The molecule has 1 aromatic carbocycles. The molecule has 0 fully saturated rings. The number of methoxy groups -OCH3 is 1. The molecule has 4 rings (SSSR count). The van der Waals surface area contributed by atoms with Gasteiger partial charge in [0.2, 0.25) is 0 Å². The lowest BCUT2D eigenvalue weighted by Crippen LogP contribution is -2.34. The molecule has 0 N–H and O–H groups in total. The van der Waals surface area contributed by atoms with Crippen molar-refractivity contribution in [1.82, 2.24) is 14.5 Å². The Morgan fingerprint density at radius 2 is 1.85 bits per heavy atom. The van der Waals surface area contributed by atoms with Crippen LogP contribution in [-0.2, 0) is 24.3 Å². The second-order valence-corrected chi connectivity index (χ2v) is 8.55. The second-order valence-electron chi connectivity index (χ2n) is 7.70. The fourth-order valence-electron chi connectivity index (χ4n) is 4.02. The lowest BCUT2D eigenvalue weighted by molar-refractivity contribution is 0.0592. The molecule has 0 spiro atoms. The lowest BCUT2D eigenvalue weighted by Gasteiger charge is -2.21. The van der Waals surface area contributed by atoms with Crippen molar-refractivity contribution in [2.24, 2.45) is 0 Å². The van der Waals surface area contributed by atoms with E-state index in [-0.39, 0.29) is 35.9 Å². The van der Waals surface area contributed by atoms with Gasteiger partial charge in [0.1, 0.15) is 17.9 Å². The summed E-state index contributed by atoms with van der Waals surface area (Å²) in [7, 11) is 1.29. The first-order valence-electron chi connectivity index (χ1n) is 10.8. The third-order valence-corrected chi connectivity index (χ3v) is 6.55. The Labute approximate surface area is 201 Å². The van der Waals surface area contributed by atoms with E-state index in [1.165, 1.54) is 24.9 Å². The van der Waals surface area contributed by atoms with Crippen LogP contribution >= 0.6 is 11.8 Å². The summed E-state index contributed by atoms with van der Waals surface area (Å²) < 4.78 is 12.4. The number of rotatable bonds is 6. The molecule has 3 heterocycles. The minimum absolute atomic E-state index is 0.0976. The Balaban J connectivity index is 1.65. The largest absolute Gasteiger partial charge is 0.488 e. The molecule has 1 aliphatic rings. The summed E-state index contributed by atoms with van der Waals surface area (Å²) in [5, 5.41) is 0. The van der Waals surface area contributed by atoms with Crippen molar-refractivity contribution in [3.63, 3.8) is 0 Å². The molecule has 176 valence electrons. The van der Waals surface area contributed by atoms with Crippen LogP contribution in [0.15, 0.2) is 64.5 Å². The fourth-order valence-corrected chi connectivity index (χ4v) is 4.61. The first-order chi connectivity index (χ1) is 16.5. The van der Waals surface area contributed by atoms with Gasteiger partial charge in [-0.05, 0) is 36.1 Å². The van der Waals surface area contributed by atoms with E-state index in [0.29, 0.717) is 30.8 Å². The summed E-state index contributed by atoms with van der Waals surface area (Å²) in [5.41, 5.74) is 1.92. The number of amides is 1. The summed E-state index contributed by atoms with van der Waals surface area (Å²) in [5.74, 6) is -0.506. The minimum Gasteiger partial charge on any atom is -0.488 e. The third kappa shape index (κ3) is 4.84. The van der Waals surface area contributed by atoms with Crippen LogP contribution in [0.5, 0.6) is 5.75 Å². The van der Waals surface area contributed by atoms with Crippen molar-refractivity contribution < 1.29 is 19.1 Å². The van der Waals surface area contributed by atoms with Gasteiger partial charge in [0.05, 0.1) is 12.7 Å². The van der Waals surface area contributed by atoms with E-state index >= 15 is 0 Å².